The first-order chi connectivity index (χ1) is 5.66. The van der Waals surface area contributed by atoms with E-state index < -0.39 is 0 Å². The number of unbranched alkanes of at least 4 members (excludes halogenated alkanes) is 1. The lowest BCUT2D eigenvalue weighted by atomic mass is 10.2. The van der Waals surface area contributed by atoms with Gasteiger partial charge in [0.1, 0.15) is 0 Å². The molecule has 1 amide bonds. The second kappa shape index (κ2) is 6.52. The molecule has 0 aromatic rings. The van der Waals surface area contributed by atoms with Crippen molar-refractivity contribution in [1.29, 1.82) is 0 Å². The minimum Gasteiger partial charge on any atom is -0.386 e. The van der Waals surface area contributed by atoms with E-state index in [0.717, 1.165) is 19.4 Å². The lowest BCUT2D eigenvalue weighted by Crippen LogP contribution is -2.21. The molecule has 4 nitrogen and oxygen atoms in total. The average Bonchev–Trinajstić information content (AvgIpc) is 2.03. The fourth-order valence-corrected chi connectivity index (χ4v) is 0.785. The van der Waals surface area contributed by atoms with Crippen molar-refractivity contribution in [3.05, 3.63) is 12.4 Å². The molecule has 4 N–H and O–H groups in total. The van der Waals surface area contributed by atoms with E-state index >= 15 is 0 Å². The summed E-state index contributed by atoms with van der Waals surface area (Å²) in [5.41, 5.74) is 5.28. The fraction of sp³-hybridized carbons (Fsp3) is 0.625. The molecule has 0 radical (unpaired) electrons. The molecule has 0 atom stereocenters. The highest BCUT2D eigenvalue weighted by atomic mass is 16.1. The number of carbonyl (C=O) groups excluding carboxylic acids is 1. The Labute approximate surface area is 73.2 Å². The maximum atomic E-state index is 10.7. The van der Waals surface area contributed by atoms with Crippen LogP contribution < -0.4 is 16.4 Å². The van der Waals surface area contributed by atoms with Gasteiger partial charge in [-0.3, -0.25) is 4.79 Å². The van der Waals surface area contributed by atoms with Gasteiger partial charge in [-0.05, 0) is 12.8 Å². The third kappa shape index (κ3) is 6.92. The normalized spacial score (nSPS) is 9.08. The van der Waals surface area contributed by atoms with Crippen molar-refractivity contribution in [2.75, 3.05) is 13.6 Å². The number of hydrogen-bond acceptors (Lipinski definition) is 3. The zero-order valence-electron chi connectivity index (χ0n) is 7.52. The summed E-state index contributed by atoms with van der Waals surface area (Å²) >= 11 is 0. The molecule has 0 saturated heterocycles. The highest BCUT2D eigenvalue weighted by Gasteiger charge is 1.96. The van der Waals surface area contributed by atoms with Crippen LogP contribution in [0.1, 0.15) is 19.3 Å². The Morgan fingerprint density at radius 2 is 2.17 bits per heavy atom. The molecule has 0 heterocycles. The van der Waals surface area contributed by atoms with Crippen LogP contribution in [0.25, 0.3) is 0 Å². The van der Waals surface area contributed by atoms with Crippen molar-refractivity contribution in [3.63, 3.8) is 0 Å². The van der Waals surface area contributed by atoms with Gasteiger partial charge in [0, 0.05) is 20.0 Å². The predicted molar refractivity (Wildman–Crippen MR) is 49.2 cm³/mol. The van der Waals surface area contributed by atoms with Gasteiger partial charge in [-0.2, -0.15) is 0 Å². The van der Waals surface area contributed by atoms with Gasteiger partial charge in [0.05, 0.1) is 5.82 Å². The molecule has 0 aliphatic carbocycles. The van der Waals surface area contributed by atoms with Crippen LogP contribution in [0, 0.1) is 0 Å². The summed E-state index contributed by atoms with van der Waals surface area (Å²) in [4.78, 5) is 10.7. The van der Waals surface area contributed by atoms with Crippen LogP contribution in [0.3, 0.4) is 0 Å². The van der Waals surface area contributed by atoms with Gasteiger partial charge in [-0.1, -0.05) is 6.58 Å². The number of nitrogens with one attached hydrogen (secondary N) is 2. The Bertz CT molecular complexity index is 156. The van der Waals surface area contributed by atoms with Gasteiger partial charge in [0.15, 0.2) is 0 Å². The van der Waals surface area contributed by atoms with Crippen LogP contribution in [0.15, 0.2) is 12.4 Å². The Balaban J connectivity index is 3.11. The van der Waals surface area contributed by atoms with Crippen molar-refractivity contribution in [2.24, 2.45) is 5.73 Å². The zero-order valence-corrected chi connectivity index (χ0v) is 7.52. The van der Waals surface area contributed by atoms with Crippen LogP contribution in [0.5, 0.6) is 0 Å². The molecule has 0 rings (SSSR count). The van der Waals surface area contributed by atoms with E-state index in [1.807, 2.05) is 0 Å². The van der Waals surface area contributed by atoms with Gasteiger partial charge in [-0.15, -0.1) is 0 Å². The second-order valence-corrected chi connectivity index (χ2v) is 2.58. The van der Waals surface area contributed by atoms with Crippen molar-refractivity contribution < 1.29 is 4.79 Å². The predicted octanol–water partition coefficient (Wildman–Crippen LogP) is -0.0778. The highest BCUT2D eigenvalue weighted by Crippen LogP contribution is 1.93. The maximum Gasteiger partial charge on any atom is 0.219 e. The van der Waals surface area contributed by atoms with Crippen LogP contribution in [-0.4, -0.2) is 19.5 Å². The molecule has 70 valence electrons. The number of rotatable bonds is 6. The smallest absolute Gasteiger partial charge is 0.219 e. The standard InChI is InChI=1S/C8H17N3O/c1-7(9)11-6-4-3-5-8(12)10-2/h11H,1,3-6,9H2,2H3,(H,10,12). The third-order valence-electron chi connectivity index (χ3n) is 1.46. The van der Waals surface area contributed by atoms with Crippen LogP contribution >= 0.6 is 0 Å². The van der Waals surface area contributed by atoms with Crippen molar-refractivity contribution in [3.8, 4) is 0 Å². The van der Waals surface area contributed by atoms with Crippen LogP contribution in [0.4, 0.5) is 0 Å². The monoisotopic (exact) mass is 171 g/mol. The van der Waals surface area contributed by atoms with Gasteiger partial charge in [0.25, 0.3) is 0 Å². The number of nitrogens with two attached hydrogens (primary N) is 1. The quantitative estimate of drug-likeness (QED) is 0.490. The molecular weight excluding hydrogens is 154 g/mol. The van der Waals surface area contributed by atoms with Crippen molar-refractivity contribution in [2.45, 2.75) is 19.3 Å². The van der Waals surface area contributed by atoms with Crippen molar-refractivity contribution in [1.82, 2.24) is 10.6 Å². The summed E-state index contributed by atoms with van der Waals surface area (Å²) in [6.07, 6.45) is 2.39. The largest absolute Gasteiger partial charge is 0.386 e. The van der Waals surface area contributed by atoms with Gasteiger partial charge < -0.3 is 16.4 Å². The molecule has 0 fully saturated rings. The third-order valence-corrected chi connectivity index (χ3v) is 1.46. The molecule has 4 heteroatoms. The Kier molecular flexibility index (Phi) is 5.87. The van der Waals surface area contributed by atoms with E-state index in [2.05, 4.69) is 17.2 Å². The van der Waals surface area contributed by atoms with Crippen LogP contribution in [-0.2, 0) is 4.79 Å². The molecular formula is C8H17N3O. The second-order valence-electron chi connectivity index (χ2n) is 2.58. The molecule has 0 bridgehead atoms. The molecule has 12 heavy (non-hydrogen) atoms. The van der Waals surface area contributed by atoms with Gasteiger partial charge >= 0.3 is 0 Å². The molecule has 0 aromatic carbocycles. The van der Waals surface area contributed by atoms with E-state index in [1.54, 1.807) is 7.05 Å². The van der Waals surface area contributed by atoms with E-state index in [4.69, 9.17) is 5.73 Å². The SMILES string of the molecule is C=C(N)NCCCCC(=O)NC. The first-order valence-electron chi connectivity index (χ1n) is 4.05. The lowest BCUT2D eigenvalue weighted by molar-refractivity contribution is -0.120. The molecule has 0 aromatic heterocycles. The topological polar surface area (TPSA) is 67.1 Å². The molecule has 0 aliphatic rings. The number of amides is 1. The Morgan fingerprint density at radius 3 is 2.67 bits per heavy atom. The zero-order chi connectivity index (χ0) is 9.40. The van der Waals surface area contributed by atoms with E-state index in [-0.39, 0.29) is 5.91 Å². The van der Waals surface area contributed by atoms with E-state index in [9.17, 15) is 4.79 Å². The maximum absolute atomic E-state index is 10.7. The average molecular weight is 171 g/mol. The summed E-state index contributed by atoms with van der Waals surface area (Å²) in [5, 5.41) is 5.45. The molecule has 0 spiro atoms. The molecule has 0 aliphatic heterocycles. The van der Waals surface area contributed by atoms with E-state index in [0.29, 0.717) is 12.2 Å². The summed E-state index contributed by atoms with van der Waals surface area (Å²) < 4.78 is 0. The Hall–Kier alpha value is -1.19. The Morgan fingerprint density at radius 1 is 1.50 bits per heavy atom. The van der Waals surface area contributed by atoms with E-state index in [1.165, 1.54) is 0 Å². The highest BCUT2D eigenvalue weighted by molar-refractivity contribution is 5.75. The minimum atomic E-state index is 0.0848. The first kappa shape index (κ1) is 10.8. The van der Waals surface area contributed by atoms with Crippen molar-refractivity contribution >= 4 is 5.91 Å². The van der Waals surface area contributed by atoms with Crippen LogP contribution in [0.2, 0.25) is 0 Å². The number of carbonyl (C=O) groups is 1. The van der Waals surface area contributed by atoms with Gasteiger partial charge in [-0.25, -0.2) is 0 Å². The summed E-state index contributed by atoms with van der Waals surface area (Å²) in [5.74, 6) is 0.566. The lowest BCUT2D eigenvalue weighted by Gasteiger charge is -2.03. The fourth-order valence-electron chi connectivity index (χ4n) is 0.785. The summed E-state index contributed by atoms with van der Waals surface area (Å²) in [7, 11) is 1.64. The summed E-state index contributed by atoms with van der Waals surface area (Å²) in [6.45, 7) is 4.28. The van der Waals surface area contributed by atoms with Gasteiger partial charge in [0.2, 0.25) is 5.91 Å². The molecule has 0 saturated carbocycles. The minimum absolute atomic E-state index is 0.0848. The first-order valence-corrected chi connectivity index (χ1v) is 4.05. The molecule has 0 unspecified atom stereocenters. The summed E-state index contributed by atoms with van der Waals surface area (Å²) in [6, 6.07) is 0. The number of hydrogen-bond donors (Lipinski definition) is 3.